The van der Waals surface area contributed by atoms with Crippen molar-refractivity contribution in [3.63, 3.8) is 0 Å². The van der Waals surface area contributed by atoms with E-state index in [0.29, 0.717) is 31.7 Å². The number of hydrogen-bond acceptors (Lipinski definition) is 8. The SMILES string of the molecule is COc1ncc(C(=O)N2CCN(c3nccn4c(C)nnc34)CC2)cn1. The predicted molar refractivity (Wildman–Crippen MR) is 92.2 cm³/mol. The highest BCUT2D eigenvalue weighted by Gasteiger charge is 2.25. The number of carbonyl (C=O) groups excluding carboxylic acids is 1. The van der Waals surface area contributed by atoms with Gasteiger partial charge in [-0.15, -0.1) is 10.2 Å². The van der Waals surface area contributed by atoms with E-state index in [1.807, 2.05) is 17.5 Å². The Morgan fingerprint density at radius 2 is 1.81 bits per heavy atom. The number of aromatic nitrogens is 6. The molecule has 3 aromatic rings. The number of hydrogen-bond donors (Lipinski definition) is 0. The minimum atomic E-state index is -0.0863. The van der Waals surface area contributed by atoms with Crippen molar-refractivity contribution in [3.8, 4) is 6.01 Å². The summed E-state index contributed by atoms with van der Waals surface area (Å²) in [4.78, 5) is 29.0. The molecule has 0 radical (unpaired) electrons. The van der Waals surface area contributed by atoms with Crippen molar-refractivity contribution in [3.05, 3.63) is 36.2 Å². The van der Waals surface area contributed by atoms with Crippen LogP contribution in [0.15, 0.2) is 24.8 Å². The Morgan fingerprint density at radius 1 is 1.08 bits per heavy atom. The third-order valence-corrected chi connectivity index (χ3v) is 4.40. The number of anilines is 1. The summed E-state index contributed by atoms with van der Waals surface area (Å²) in [6.07, 6.45) is 6.56. The van der Waals surface area contributed by atoms with Crippen molar-refractivity contribution >= 4 is 17.4 Å². The Kier molecular flexibility index (Phi) is 4.07. The van der Waals surface area contributed by atoms with Gasteiger partial charge in [-0.3, -0.25) is 9.20 Å². The normalized spacial score (nSPS) is 14.7. The van der Waals surface area contributed by atoms with Crippen LogP contribution >= 0.6 is 0 Å². The van der Waals surface area contributed by atoms with E-state index < -0.39 is 0 Å². The molecule has 3 aromatic heterocycles. The maximum absolute atomic E-state index is 12.6. The Hall–Kier alpha value is -3.30. The summed E-state index contributed by atoms with van der Waals surface area (Å²) in [6, 6.07) is 0.245. The molecule has 0 aliphatic carbocycles. The summed E-state index contributed by atoms with van der Waals surface area (Å²) in [5.74, 6) is 1.52. The van der Waals surface area contributed by atoms with E-state index in [4.69, 9.17) is 4.74 Å². The zero-order chi connectivity index (χ0) is 18.1. The number of rotatable bonds is 3. The number of methoxy groups -OCH3 is 1. The molecule has 1 amide bonds. The van der Waals surface area contributed by atoms with Gasteiger partial charge in [0, 0.05) is 51.0 Å². The fourth-order valence-corrected chi connectivity index (χ4v) is 2.99. The average molecular weight is 354 g/mol. The second-order valence-electron chi connectivity index (χ2n) is 5.93. The minimum Gasteiger partial charge on any atom is -0.467 e. The van der Waals surface area contributed by atoms with Gasteiger partial charge in [-0.1, -0.05) is 0 Å². The summed E-state index contributed by atoms with van der Waals surface area (Å²) in [7, 11) is 1.49. The Balaban J connectivity index is 1.47. The number of piperazine rings is 1. The van der Waals surface area contributed by atoms with Crippen LogP contribution in [0, 0.1) is 6.92 Å². The first-order valence-corrected chi connectivity index (χ1v) is 8.24. The van der Waals surface area contributed by atoms with Gasteiger partial charge in [-0.05, 0) is 6.92 Å². The second kappa shape index (κ2) is 6.54. The molecule has 0 unspecified atom stereocenters. The molecule has 1 aliphatic heterocycles. The number of nitrogens with zero attached hydrogens (tertiary/aromatic N) is 8. The average Bonchev–Trinajstić information content (AvgIpc) is 3.09. The summed E-state index contributed by atoms with van der Waals surface area (Å²) >= 11 is 0. The standard InChI is InChI=1S/C16H18N8O2/c1-11-20-21-14-13(17-3-4-24(11)14)22-5-7-23(8-6-22)15(25)12-9-18-16(26-2)19-10-12/h3-4,9-10H,5-8H2,1-2H3. The van der Waals surface area contributed by atoms with Crippen LogP contribution in [0.25, 0.3) is 5.65 Å². The van der Waals surface area contributed by atoms with Crippen LogP contribution in [-0.4, -0.2) is 73.6 Å². The number of aryl methyl sites for hydroxylation is 1. The van der Waals surface area contributed by atoms with E-state index in [9.17, 15) is 4.79 Å². The molecule has 10 heteroatoms. The third-order valence-electron chi connectivity index (χ3n) is 4.40. The maximum atomic E-state index is 12.6. The van der Waals surface area contributed by atoms with Gasteiger partial charge in [0.15, 0.2) is 5.82 Å². The molecule has 1 saturated heterocycles. The van der Waals surface area contributed by atoms with Crippen molar-refractivity contribution < 1.29 is 9.53 Å². The molecule has 0 aromatic carbocycles. The van der Waals surface area contributed by atoms with Crippen LogP contribution in [-0.2, 0) is 0 Å². The number of fused-ring (bicyclic) bond motifs is 1. The lowest BCUT2D eigenvalue weighted by molar-refractivity contribution is 0.0745. The van der Waals surface area contributed by atoms with Gasteiger partial charge in [0.05, 0.1) is 12.7 Å². The van der Waals surface area contributed by atoms with Gasteiger partial charge >= 0.3 is 6.01 Å². The number of carbonyl (C=O) groups is 1. The zero-order valence-electron chi connectivity index (χ0n) is 14.5. The Labute approximate surface area is 149 Å². The van der Waals surface area contributed by atoms with E-state index in [1.165, 1.54) is 19.5 Å². The highest BCUT2D eigenvalue weighted by Crippen LogP contribution is 2.19. The van der Waals surface area contributed by atoms with Gasteiger partial charge in [0.2, 0.25) is 5.65 Å². The smallest absolute Gasteiger partial charge is 0.316 e. The van der Waals surface area contributed by atoms with E-state index in [0.717, 1.165) is 17.3 Å². The molecule has 26 heavy (non-hydrogen) atoms. The molecule has 4 rings (SSSR count). The first-order valence-electron chi connectivity index (χ1n) is 8.24. The molecular formula is C16H18N8O2. The molecule has 1 aliphatic rings. The lowest BCUT2D eigenvalue weighted by Gasteiger charge is -2.35. The Morgan fingerprint density at radius 3 is 2.50 bits per heavy atom. The molecule has 10 nitrogen and oxygen atoms in total. The van der Waals surface area contributed by atoms with Crippen LogP contribution in [0.4, 0.5) is 5.82 Å². The number of ether oxygens (including phenoxy) is 1. The van der Waals surface area contributed by atoms with Gasteiger partial charge in [0.25, 0.3) is 5.91 Å². The van der Waals surface area contributed by atoms with E-state index >= 15 is 0 Å². The van der Waals surface area contributed by atoms with Crippen molar-refractivity contribution in [1.29, 1.82) is 0 Å². The quantitative estimate of drug-likeness (QED) is 0.657. The van der Waals surface area contributed by atoms with Crippen LogP contribution in [0.5, 0.6) is 6.01 Å². The summed E-state index contributed by atoms with van der Waals surface area (Å²) < 4.78 is 6.83. The largest absolute Gasteiger partial charge is 0.467 e. The summed E-state index contributed by atoms with van der Waals surface area (Å²) in [5, 5.41) is 8.32. The second-order valence-corrected chi connectivity index (χ2v) is 5.93. The highest BCUT2D eigenvalue weighted by molar-refractivity contribution is 5.93. The molecule has 0 spiro atoms. The van der Waals surface area contributed by atoms with Crippen LogP contribution < -0.4 is 9.64 Å². The van der Waals surface area contributed by atoms with Crippen molar-refractivity contribution in [2.45, 2.75) is 6.92 Å². The minimum absolute atomic E-state index is 0.0863. The highest BCUT2D eigenvalue weighted by atomic mass is 16.5. The van der Waals surface area contributed by atoms with E-state index in [-0.39, 0.29) is 11.9 Å². The van der Waals surface area contributed by atoms with Crippen molar-refractivity contribution in [2.24, 2.45) is 0 Å². The fourth-order valence-electron chi connectivity index (χ4n) is 2.99. The summed E-state index contributed by atoms with van der Waals surface area (Å²) in [5.41, 5.74) is 1.18. The topological polar surface area (TPSA) is 102 Å². The molecule has 0 saturated carbocycles. The summed E-state index contributed by atoms with van der Waals surface area (Å²) in [6.45, 7) is 4.40. The van der Waals surface area contributed by atoms with Crippen LogP contribution in [0.1, 0.15) is 16.2 Å². The zero-order valence-corrected chi connectivity index (χ0v) is 14.5. The maximum Gasteiger partial charge on any atom is 0.316 e. The molecule has 134 valence electrons. The molecule has 0 N–H and O–H groups in total. The fraction of sp³-hybridized carbons (Fsp3) is 0.375. The van der Waals surface area contributed by atoms with Gasteiger partial charge in [0.1, 0.15) is 5.82 Å². The molecule has 1 fully saturated rings. The van der Waals surface area contributed by atoms with Crippen molar-refractivity contribution in [1.82, 2.24) is 34.4 Å². The molecular weight excluding hydrogens is 336 g/mol. The van der Waals surface area contributed by atoms with Crippen molar-refractivity contribution in [2.75, 3.05) is 38.2 Å². The monoisotopic (exact) mass is 354 g/mol. The van der Waals surface area contributed by atoms with Gasteiger partial charge in [-0.25, -0.2) is 15.0 Å². The van der Waals surface area contributed by atoms with E-state index in [1.54, 1.807) is 11.1 Å². The van der Waals surface area contributed by atoms with Crippen LogP contribution in [0.3, 0.4) is 0 Å². The lowest BCUT2D eigenvalue weighted by atomic mass is 10.2. The lowest BCUT2D eigenvalue weighted by Crippen LogP contribution is -2.49. The third kappa shape index (κ3) is 2.79. The first kappa shape index (κ1) is 16.2. The predicted octanol–water partition coefficient (Wildman–Crippen LogP) is 0.194. The molecule has 0 atom stereocenters. The van der Waals surface area contributed by atoms with Crippen LogP contribution in [0.2, 0.25) is 0 Å². The van der Waals surface area contributed by atoms with Gasteiger partial charge < -0.3 is 14.5 Å². The Bertz CT molecular complexity index is 931. The first-order chi connectivity index (χ1) is 12.7. The molecule has 0 bridgehead atoms. The van der Waals surface area contributed by atoms with Gasteiger partial charge in [-0.2, -0.15) is 0 Å². The number of amides is 1. The molecule has 4 heterocycles. The van der Waals surface area contributed by atoms with E-state index in [2.05, 4.69) is 30.0 Å².